The molecule has 0 saturated heterocycles. The first-order valence-electron chi connectivity index (χ1n) is 5.12. The molecule has 2 rings (SSSR count). The smallest absolute Gasteiger partial charge is 0.131 e. The summed E-state index contributed by atoms with van der Waals surface area (Å²) in [5, 5.41) is 8.69. The summed E-state index contributed by atoms with van der Waals surface area (Å²) in [6.07, 6.45) is 1.93. The number of ether oxygens (including phenoxy) is 1. The van der Waals surface area contributed by atoms with Crippen molar-refractivity contribution in [2.75, 3.05) is 6.61 Å². The number of rotatable bonds is 2. The Balaban J connectivity index is 2.42. The Morgan fingerprint density at radius 2 is 2.40 bits per heavy atom. The van der Waals surface area contributed by atoms with Gasteiger partial charge in [0.1, 0.15) is 11.6 Å². The van der Waals surface area contributed by atoms with Gasteiger partial charge in [-0.25, -0.2) is 4.39 Å². The van der Waals surface area contributed by atoms with E-state index in [1.165, 1.54) is 6.07 Å². The van der Waals surface area contributed by atoms with E-state index in [1.54, 1.807) is 6.07 Å². The van der Waals surface area contributed by atoms with Crippen LogP contribution in [-0.2, 0) is 0 Å². The van der Waals surface area contributed by atoms with E-state index in [1.807, 2.05) is 6.07 Å². The summed E-state index contributed by atoms with van der Waals surface area (Å²) in [7, 11) is 0. The third-order valence-electron chi connectivity index (χ3n) is 2.71. The normalized spacial score (nSPS) is 18.1. The van der Waals surface area contributed by atoms with Crippen LogP contribution in [0.1, 0.15) is 36.8 Å². The minimum Gasteiger partial charge on any atom is -0.492 e. The lowest BCUT2D eigenvalue weighted by atomic mass is 9.95. The molecule has 1 atom stereocenters. The van der Waals surface area contributed by atoms with Crippen LogP contribution in [0.25, 0.3) is 0 Å². The van der Waals surface area contributed by atoms with Crippen LogP contribution in [0, 0.1) is 17.1 Å². The predicted molar refractivity (Wildman–Crippen MR) is 54.3 cm³/mol. The maximum atomic E-state index is 13.7. The Morgan fingerprint density at radius 3 is 3.07 bits per heavy atom. The fourth-order valence-electron chi connectivity index (χ4n) is 2.02. The molecule has 0 fully saturated rings. The van der Waals surface area contributed by atoms with Gasteiger partial charge in [0.25, 0.3) is 0 Å². The van der Waals surface area contributed by atoms with Crippen molar-refractivity contribution < 1.29 is 9.13 Å². The van der Waals surface area contributed by atoms with Crippen molar-refractivity contribution in [3.05, 3.63) is 29.1 Å². The van der Waals surface area contributed by atoms with Gasteiger partial charge in [-0.3, -0.25) is 0 Å². The molecule has 3 heteroatoms. The largest absolute Gasteiger partial charge is 0.492 e. The number of benzene rings is 1. The molecule has 0 amide bonds. The van der Waals surface area contributed by atoms with Gasteiger partial charge in [0.15, 0.2) is 0 Å². The molecule has 0 bridgehead atoms. The second kappa shape index (κ2) is 3.90. The summed E-state index contributed by atoms with van der Waals surface area (Å²) >= 11 is 0. The summed E-state index contributed by atoms with van der Waals surface area (Å²) in [5.41, 5.74) is 0.972. The molecule has 78 valence electrons. The molecule has 15 heavy (non-hydrogen) atoms. The van der Waals surface area contributed by atoms with Gasteiger partial charge in [0, 0.05) is 11.5 Å². The van der Waals surface area contributed by atoms with Crippen molar-refractivity contribution in [3.8, 4) is 11.8 Å². The lowest BCUT2D eigenvalue weighted by Crippen LogP contribution is -2.01. The molecular formula is C12H12FNO. The van der Waals surface area contributed by atoms with Crippen LogP contribution in [0.2, 0.25) is 0 Å². The van der Waals surface area contributed by atoms with E-state index in [2.05, 4.69) is 6.92 Å². The summed E-state index contributed by atoms with van der Waals surface area (Å²) in [4.78, 5) is 0. The monoisotopic (exact) mass is 205 g/mol. The summed E-state index contributed by atoms with van der Waals surface area (Å²) in [5.74, 6) is 0.391. The van der Waals surface area contributed by atoms with Gasteiger partial charge in [-0.05, 0) is 18.6 Å². The van der Waals surface area contributed by atoms with E-state index in [-0.39, 0.29) is 11.7 Å². The highest BCUT2D eigenvalue weighted by atomic mass is 19.1. The third-order valence-corrected chi connectivity index (χ3v) is 2.71. The highest BCUT2D eigenvalue weighted by Crippen LogP contribution is 2.38. The van der Waals surface area contributed by atoms with Gasteiger partial charge >= 0.3 is 0 Å². The maximum absolute atomic E-state index is 13.7. The molecule has 1 unspecified atom stereocenters. The molecule has 1 aliphatic rings. The SMILES string of the molecule is CCCC1COc2cc(C#N)cc(F)c21. The molecular weight excluding hydrogens is 193 g/mol. The summed E-state index contributed by atoms with van der Waals surface area (Å²) in [6.45, 7) is 2.61. The van der Waals surface area contributed by atoms with Gasteiger partial charge in [-0.1, -0.05) is 13.3 Å². The first-order chi connectivity index (χ1) is 7.26. The van der Waals surface area contributed by atoms with Crippen LogP contribution < -0.4 is 4.74 Å². The number of nitrogens with zero attached hydrogens (tertiary/aromatic N) is 1. The van der Waals surface area contributed by atoms with Gasteiger partial charge in [-0.15, -0.1) is 0 Å². The minimum atomic E-state index is -0.306. The Bertz CT molecular complexity index is 422. The molecule has 0 saturated carbocycles. The third kappa shape index (κ3) is 1.68. The Kier molecular flexibility index (Phi) is 2.59. The van der Waals surface area contributed by atoms with Crippen molar-refractivity contribution in [2.45, 2.75) is 25.7 Å². The fourth-order valence-corrected chi connectivity index (χ4v) is 2.02. The fraction of sp³-hybridized carbons (Fsp3) is 0.417. The van der Waals surface area contributed by atoms with Crippen LogP contribution >= 0.6 is 0 Å². The van der Waals surface area contributed by atoms with E-state index in [0.717, 1.165) is 12.8 Å². The molecule has 0 aromatic heterocycles. The average molecular weight is 205 g/mol. The molecule has 1 aliphatic heterocycles. The van der Waals surface area contributed by atoms with Crippen LogP contribution in [-0.4, -0.2) is 6.61 Å². The number of halogens is 1. The van der Waals surface area contributed by atoms with E-state index in [0.29, 0.717) is 23.5 Å². The lowest BCUT2D eigenvalue weighted by molar-refractivity contribution is 0.324. The van der Waals surface area contributed by atoms with Crippen molar-refractivity contribution in [1.29, 1.82) is 5.26 Å². The molecule has 1 aromatic rings. The maximum Gasteiger partial charge on any atom is 0.131 e. The zero-order valence-corrected chi connectivity index (χ0v) is 8.59. The molecule has 0 N–H and O–H groups in total. The summed E-state index contributed by atoms with van der Waals surface area (Å²) in [6, 6.07) is 4.83. The molecule has 1 heterocycles. The quantitative estimate of drug-likeness (QED) is 0.743. The number of hydrogen-bond donors (Lipinski definition) is 0. The Labute approximate surface area is 88.3 Å². The second-order valence-electron chi connectivity index (χ2n) is 3.78. The second-order valence-corrected chi connectivity index (χ2v) is 3.78. The van der Waals surface area contributed by atoms with Crippen molar-refractivity contribution in [2.24, 2.45) is 0 Å². The standard InChI is InChI=1S/C12H12FNO/c1-2-3-9-7-15-11-5-8(6-14)4-10(13)12(9)11/h4-5,9H,2-3,7H2,1H3. The molecule has 1 aromatic carbocycles. The zero-order chi connectivity index (χ0) is 10.8. The van der Waals surface area contributed by atoms with Crippen LogP contribution in [0.3, 0.4) is 0 Å². The van der Waals surface area contributed by atoms with E-state index < -0.39 is 0 Å². The van der Waals surface area contributed by atoms with Crippen molar-refractivity contribution in [1.82, 2.24) is 0 Å². The van der Waals surface area contributed by atoms with Gasteiger partial charge in [0.05, 0.1) is 18.2 Å². The van der Waals surface area contributed by atoms with Gasteiger partial charge in [-0.2, -0.15) is 5.26 Å². The van der Waals surface area contributed by atoms with E-state index >= 15 is 0 Å². The molecule has 2 nitrogen and oxygen atoms in total. The van der Waals surface area contributed by atoms with Crippen LogP contribution in [0.4, 0.5) is 4.39 Å². The van der Waals surface area contributed by atoms with Gasteiger partial charge < -0.3 is 4.74 Å². The zero-order valence-electron chi connectivity index (χ0n) is 8.59. The topological polar surface area (TPSA) is 33.0 Å². The molecule has 0 radical (unpaired) electrons. The lowest BCUT2D eigenvalue weighted by Gasteiger charge is -2.07. The summed E-state index contributed by atoms with van der Waals surface area (Å²) < 4.78 is 19.1. The predicted octanol–water partition coefficient (Wildman–Crippen LogP) is 2.97. The highest BCUT2D eigenvalue weighted by Gasteiger charge is 2.27. The molecule has 0 spiro atoms. The van der Waals surface area contributed by atoms with Crippen LogP contribution in [0.15, 0.2) is 12.1 Å². The Morgan fingerprint density at radius 1 is 1.60 bits per heavy atom. The first-order valence-corrected chi connectivity index (χ1v) is 5.12. The highest BCUT2D eigenvalue weighted by molar-refractivity contribution is 5.47. The van der Waals surface area contributed by atoms with Crippen molar-refractivity contribution >= 4 is 0 Å². The Hall–Kier alpha value is -1.56. The average Bonchev–Trinajstić information content (AvgIpc) is 2.62. The number of nitriles is 1. The van der Waals surface area contributed by atoms with Crippen molar-refractivity contribution in [3.63, 3.8) is 0 Å². The van der Waals surface area contributed by atoms with E-state index in [9.17, 15) is 4.39 Å². The molecule has 0 aliphatic carbocycles. The van der Waals surface area contributed by atoms with E-state index in [4.69, 9.17) is 10.00 Å². The first kappa shape index (κ1) is 9.97. The van der Waals surface area contributed by atoms with Gasteiger partial charge in [0.2, 0.25) is 0 Å². The minimum absolute atomic E-state index is 0.151. The van der Waals surface area contributed by atoms with Crippen LogP contribution in [0.5, 0.6) is 5.75 Å². The number of fused-ring (bicyclic) bond motifs is 1. The number of hydrogen-bond acceptors (Lipinski definition) is 2.